The third kappa shape index (κ3) is 3.80. The predicted octanol–water partition coefficient (Wildman–Crippen LogP) is 2.53. The van der Waals surface area contributed by atoms with Gasteiger partial charge in [0.15, 0.2) is 6.61 Å². The zero-order valence-electron chi connectivity index (χ0n) is 16.3. The Morgan fingerprint density at radius 2 is 2.14 bits per heavy atom. The SMILES string of the molecule is Cc1ccsc1CN(C)C(=O)COC(=O)c1ccc2c(=O)n3c(nc2c1)CCC3. The summed E-state index contributed by atoms with van der Waals surface area (Å²) in [4.78, 5) is 44.4. The van der Waals surface area contributed by atoms with Gasteiger partial charge in [-0.1, -0.05) is 0 Å². The third-order valence-electron chi connectivity index (χ3n) is 5.15. The van der Waals surface area contributed by atoms with Crippen LogP contribution < -0.4 is 5.56 Å². The van der Waals surface area contributed by atoms with Gasteiger partial charge in [0.1, 0.15) is 5.82 Å². The van der Waals surface area contributed by atoms with Crippen molar-refractivity contribution in [3.63, 3.8) is 0 Å². The van der Waals surface area contributed by atoms with Crippen molar-refractivity contribution in [3.8, 4) is 0 Å². The van der Waals surface area contributed by atoms with E-state index >= 15 is 0 Å². The lowest BCUT2D eigenvalue weighted by Crippen LogP contribution is -2.30. The van der Waals surface area contributed by atoms with Crippen LogP contribution in [0.15, 0.2) is 34.4 Å². The Balaban J connectivity index is 1.44. The summed E-state index contributed by atoms with van der Waals surface area (Å²) in [6.07, 6.45) is 1.65. The summed E-state index contributed by atoms with van der Waals surface area (Å²) >= 11 is 1.59. The first kappa shape index (κ1) is 19.3. The Labute approximate surface area is 171 Å². The number of amides is 1. The molecule has 2 aromatic heterocycles. The molecule has 0 atom stereocenters. The Morgan fingerprint density at radius 3 is 2.90 bits per heavy atom. The van der Waals surface area contributed by atoms with Crippen molar-refractivity contribution >= 4 is 34.1 Å². The molecule has 0 unspecified atom stereocenters. The molecule has 150 valence electrons. The lowest BCUT2D eigenvalue weighted by Gasteiger charge is -2.17. The van der Waals surface area contributed by atoms with Crippen LogP contribution in [0.4, 0.5) is 0 Å². The number of hydrogen-bond donors (Lipinski definition) is 0. The maximum absolute atomic E-state index is 12.5. The summed E-state index contributed by atoms with van der Waals surface area (Å²) < 4.78 is 6.88. The van der Waals surface area contributed by atoms with Gasteiger partial charge >= 0.3 is 5.97 Å². The molecule has 0 radical (unpaired) electrons. The lowest BCUT2D eigenvalue weighted by molar-refractivity contribution is -0.133. The monoisotopic (exact) mass is 411 g/mol. The molecule has 1 aliphatic heterocycles. The number of carbonyl (C=O) groups is 2. The van der Waals surface area contributed by atoms with E-state index in [0.717, 1.165) is 29.1 Å². The van der Waals surface area contributed by atoms with Gasteiger partial charge in [0.05, 0.1) is 23.0 Å². The molecular formula is C21H21N3O4S. The van der Waals surface area contributed by atoms with Crippen LogP contribution in [0.25, 0.3) is 10.9 Å². The summed E-state index contributed by atoms with van der Waals surface area (Å²) in [7, 11) is 1.68. The highest BCUT2D eigenvalue weighted by molar-refractivity contribution is 7.10. The van der Waals surface area contributed by atoms with Gasteiger partial charge in [-0.2, -0.15) is 0 Å². The minimum absolute atomic E-state index is 0.0805. The van der Waals surface area contributed by atoms with Gasteiger partial charge in [0, 0.05) is 24.9 Å². The van der Waals surface area contributed by atoms with E-state index in [4.69, 9.17) is 4.74 Å². The number of aromatic nitrogens is 2. The molecule has 3 heterocycles. The largest absolute Gasteiger partial charge is 0.452 e. The molecule has 0 saturated carbocycles. The number of esters is 1. The molecular weight excluding hydrogens is 390 g/mol. The van der Waals surface area contributed by atoms with Gasteiger partial charge in [0.25, 0.3) is 11.5 Å². The fourth-order valence-corrected chi connectivity index (χ4v) is 4.36. The molecule has 4 rings (SSSR count). The number of thiophene rings is 1. The Morgan fingerprint density at radius 1 is 1.31 bits per heavy atom. The average Bonchev–Trinajstić information content (AvgIpc) is 3.34. The summed E-state index contributed by atoms with van der Waals surface area (Å²) in [5.41, 5.74) is 1.81. The molecule has 1 aliphatic rings. The number of fused-ring (bicyclic) bond motifs is 2. The topological polar surface area (TPSA) is 81.5 Å². The number of aryl methyl sites for hydroxylation is 2. The Bertz CT molecular complexity index is 1160. The number of nitrogens with zero attached hydrogens (tertiary/aromatic N) is 3. The Kier molecular flexibility index (Phi) is 5.19. The fraction of sp³-hybridized carbons (Fsp3) is 0.333. The number of likely N-dealkylation sites (N-methyl/N-ethyl adjacent to an activating group) is 1. The lowest BCUT2D eigenvalue weighted by atomic mass is 10.1. The molecule has 1 amide bonds. The maximum atomic E-state index is 12.5. The van der Waals surface area contributed by atoms with Crippen LogP contribution in [-0.2, 0) is 29.0 Å². The summed E-state index contributed by atoms with van der Waals surface area (Å²) in [6.45, 7) is 2.83. The fourth-order valence-electron chi connectivity index (χ4n) is 3.40. The van der Waals surface area contributed by atoms with Crippen LogP contribution in [0.1, 0.15) is 33.0 Å². The van der Waals surface area contributed by atoms with Gasteiger partial charge in [-0.25, -0.2) is 9.78 Å². The molecule has 0 spiro atoms. The van der Waals surface area contributed by atoms with Gasteiger partial charge in [0.2, 0.25) is 0 Å². The number of ether oxygens (including phenoxy) is 1. The minimum atomic E-state index is -0.608. The molecule has 0 fully saturated rings. The number of hydrogen-bond acceptors (Lipinski definition) is 6. The van der Waals surface area contributed by atoms with Crippen LogP contribution >= 0.6 is 11.3 Å². The molecule has 8 heteroatoms. The van der Waals surface area contributed by atoms with Crippen molar-refractivity contribution in [3.05, 3.63) is 61.8 Å². The predicted molar refractivity (Wildman–Crippen MR) is 110 cm³/mol. The van der Waals surface area contributed by atoms with E-state index in [0.29, 0.717) is 24.0 Å². The average molecular weight is 411 g/mol. The van der Waals surface area contributed by atoms with E-state index in [9.17, 15) is 14.4 Å². The molecule has 0 N–H and O–H groups in total. The molecule has 0 saturated heterocycles. The van der Waals surface area contributed by atoms with Crippen LogP contribution in [0.2, 0.25) is 0 Å². The normalized spacial score (nSPS) is 12.8. The highest BCUT2D eigenvalue weighted by atomic mass is 32.1. The van der Waals surface area contributed by atoms with Crippen molar-refractivity contribution in [2.75, 3.05) is 13.7 Å². The van der Waals surface area contributed by atoms with Gasteiger partial charge in [-0.15, -0.1) is 11.3 Å². The first-order valence-electron chi connectivity index (χ1n) is 9.41. The molecule has 29 heavy (non-hydrogen) atoms. The number of carbonyl (C=O) groups excluding carboxylic acids is 2. The Hall–Kier alpha value is -3.00. The van der Waals surface area contributed by atoms with E-state index in [2.05, 4.69) is 4.98 Å². The van der Waals surface area contributed by atoms with Gasteiger partial charge in [-0.3, -0.25) is 14.2 Å². The zero-order chi connectivity index (χ0) is 20.5. The maximum Gasteiger partial charge on any atom is 0.338 e. The third-order valence-corrected chi connectivity index (χ3v) is 6.16. The molecule has 0 aliphatic carbocycles. The highest BCUT2D eigenvalue weighted by Crippen LogP contribution is 2.18. The van der Waals surface area contributed by atoms with E-state index in [-0.39, 0.29) is 23.6 Å². The van der Waals surface area contributed by atoms with Crippen molar-refractivity contribution in [1.29, 1.82) is 0 Å². The van der Waals surface area contributed by atoms with Crippen molar-refractivity contribution in [2.45, 2.75) is 32.9 Å². The van der Waals surface area contributed by atoms with Crippen molar-refractivity contribution in [1.82, 2.24) is 14.5 Å². The molecule has 0 bridgehead atoms. The van der Waals surface area contributed by atoms with E-state index < -0.39 is 5.97 Å². The van der Waals surface area contributed by atoms with Crippen molar-refractivity contribution in [2.24, 2.45) is 0 Å². The first-order chi connectivity index (χ1) is 13.9. The molecule has 7 nitrogen and oxygen atoms in total. The summed E-state index contributed by atoms with van der Waals surface area (Å²) in [5, 5.41) is 2.46. The van der Waals surface area contributed by atoms with E-state index in [1.165, 1.54) is 4.90 Å². The summed E-state index contributed by atoms with van der Waals surface area (Å²) in [6, 6.07) is 6.70. The van der Waals surface area contributed by atoms with Crippen LogP contribution in [0, 0.1) is 6.92 Å². The van der Waals surface area contributed by atoms with Crippen LogP contribution in [0.3, 0.4) is 0 Å². The second-order valence-corrected chi connectivity index (χ2v) is 8.17. The van der Waals surface area contributed by atoms with Crippen LogP contribution in [0.5, 0.6) is 0 Å². The summed E-state index contributed by atoms with van der Waals surface area (Å²) in [5.74, 6) is -0.141. The molecule has 1 aromatic carbocycles. The smallest absolute Gasteiger partial charge is 0.338 e. The molecule has 3 aromatic rings. The minimum Gasteiger partial charge on any atom is -0.452 e. The standard InChI is InChI=1S/C21H21N3O4S/c1-13-7-9-29-17(13)11-23(2)19(25)12-28-21(27)14-5-6-15-16(10-14)22-18-4-3-8-24(18)20(15)26/h5-7,9-10H,3-4,8,11-12H2,1-2H3. The second kappa shape index (κ2) is 7.79. The van der Waals surface area contributed by atoms with Gasteiger partial charge in [-0.05, 0) is 48.6 Å². The van der Waals surface area contributed by atoms with Gasteiger partial charge < -0.3 is 9.64 Å². The van der Waals surface area contributed by atoms with Crippen molar-refractivity contribution < 1.29 is 14.3 Å². The van der Waals surface area contributed by atoms with Crippen LogP contribution in [-0.4, -0.2) is 40.0 Å². The van der Waals surface area contributed by atoms with E-state index in [1.54, 1.807) is 41.2 Å². The second-order valence-electron chi connectivity index (χ2n) is 7.17. The highest BCUT2D eigenvalue weighted by Gasteiger charge is 2.19. The van der Waals surface area contributed by atoms with E-state index in [1.807, 2.05) is 18.4 Å². The quantitative estimate of drug-likeness (QED) is 0.603. The number of rotatable bonds is 5. The number of benzene rings is 1. The zero-order valence-corrected chi connectivity index (χ0v) is 17.1. The first-order valence-corrected chi connectivity index (χ1v) is 10.3.